The minimum atomic E-state index is -0.707. The molecule has 0 fully saturated rings. The van der Waals surface area contributed by atoms with Gasteiger partial charge in [-0.3, -0.25) is 0 Å². The first-order chi connectivity index (χ1) is 10.1. The van der Waals surface area contributed by atoms with Crippen molar-refractivity contribution in [2.24, 2.45) is 0 Å². The molecule has 0 saturated heterocycles. The van der Waals surface area contributed by atoms with Gasteiger partial charge in [-0.05, 0) is 30.3 Å². The van der Waals surface area contributed by atoms with Gasteiger partial charge >= 0.3 is 6.03 Å². The summed E-state index contributed by atoms with van der Waals surface area (Å²) in [6, 6.07) is 13.3. The zero-order valence-corrected chi connectivity index (χ0v) is 10.7. The molecule has 0 radical (unpaired) electrons. The Morgan fingerprint density at radius 2 is 1.81 bits per heavy atom. The molecule has 2 rings (SSSR count). The molecule has 2 N–H and O–H groups in total. The number of halogens is 1. The van der Waals surface area contributed by atoms with E-state index in [1.54, 1.807) is 24.3 Å². The predicted octanol–water partition coefficient (Wildman–Crippen LogP) is 3.21. The van der Waals surface area contributed by atoms with Gasteiger partial charge in [0.2, 0.25) is 0 Å². The SMILES string of the molecule is N#Cc1cccc(NC(=O)Nc2cccc(F)c2C#N)c1. The standard InChI is InChI=1S/C15H9FN4O/c16-13-5-2-6-14(12(13)9-18)20-15(21)19-11-4-1-3-10(7-11)8-17/h1-7H,(H2,19,20,21). The van der Waals surface area contributed by atoms with Crippen molar-refractivity contribution in [2.75, 3.05) is 10.6 Å². The van der Waals surface area contributed by atoms with Crippen LogP contribution in [0.5, 0.6) is 0 Å². The van der Waals surface area contributed by atoms with Gasteiger partial charge in [0, 0.05) is 5.69 Å². The molecule has 0 heterocycles. The van der Waals surface area contributed by atoms with E-state index in [-0.39, 0.29) is 11.3 Å². The van der Waals surface area contributed by atoms with Gasteiger partial charge in [0.15, 0.2) is 0 Å². The number of carbonyl (C=O) groups excluding carboxylic acids is 1. The highest BCUT2D eigenvalue weighted by atomic mass is 19.1. The van der Waals surface area contributed by atoms with Gasteiger partial charge in [-0.15, -0.1) is 0 Å². The normalized spacial score (nSPS) is 9.29. The molecule has 0 aliphatic carbocycles. The predicted molar refractivity (Wildman–Crippen MR) is 74.9 cm³/mol. The Morgan fingerprint density at radius 3 is 2.52 bits per heavy atom. The smallest absolute Gasteiger partial charge is 0.308 e. The molecule has 5 nitrogen and oxygen atoms in total. The van der Waals surface area contributed by atoms with Gasteiger partial charge in [-0.2, -0.15) is 10.5 Å². The van der Waals surface area contributed by atoms with Crippen molar-refractivity contribution in [3.63, 3.8) is 0 Å². The lowest BCUT2D eigenvalue weighted by Crippen LogP contribution is -2.20. The fourth-order valence-electron chi connectivity index (χ4n) is 1.69. The summed E-state index contributed by atoms with van der Waals surface area (Å²) in [7, 11) is 0. The second kappa shape index (κ2) is 6.18. The van der Waals surface area contributed by atoms with Crippen LogP contribution in [0.2, 0.25) is 0 Å². The molecular weight excluding hydrogens is 271 g/mol. The largest absolute Gasteiger partial charge is 0.323 e. The van der Waals surface area contributed by atoms with E-state index in [1.165, 1.54) is 18.2 Å². The third kappa shape index (κ3) is 3.34. The van der Waals surface area contributed by atoms with Gasteiger partial charge in [-0.1, -0.05) is 12.1 Å². The molecule has 102 valence electrons. The Labute approximate surface area is 120 Å². The van der Waals surface area contributed by atoms with Crippen LogP contribution in [0.4, 0.5) is 20.6 Å². The van der Waals surface area contributed by atoms with Crippen molar-refractivity contribution >= 4 is 17.4 Å². The average molecular weight is 280 g/mol. The van der Waals surface area contributed by atoms with Crippen molar-refractivity contribution < 1.29 is 9.18 Å². The van der Waals surface area contributed by atoms with Gasteiger partial charge in [0.1, 0.15) is 17.4 Å². The molecule has 2 aromatic carbocycles. The number of nitriles is 2. The van der Waals surface area contributed by atoms with Crippen LogP contribution in [-0.2, 0) is 0 Å². The first kappa shape index (κ1) is 14.0. The minimum Gasteiger partial charge on any atom is -0.308 e. The molecule has 0 atom stereocenters. The maximum atomic E-state index is 13.4. The zero-order chi connectivity index (χ0) is 15.2. The van der Waals surface area contributed by atoms with E-state index in [9.17, 15) is 9.18 Å². The molecule has 0 spiro atoms. The van der Waals surface area contributed by atoms with Crippen molar-refractivity contribution in [1.29, 1.82) is 10.5 Å². The number of carbonyl (C=O) groups is 1. The second-order valence-corrected chi connectivity index (χ2v) is 4.05. The minimum absolute atomic E-state index is 0.0754. The molecule has 2 amide bonds. The maximum absolute atomic E-state index is 13.4. The van der Waals surface area contributed by atoms with Crippen molar-refractivity contribution in [3.8, 4) is 12.1 Å². The van der Waals surface area contributed by atoms with Gasteiger partial charge in [-0.25, -0.2) is 9.18 Å². The van der Waals surface area contributed by atoms with Gasteiger partial charge in [0.25, 0.3) is 0 Å². The average Bonchev–Trinajstić information content (AvgIpc) is 2.47. The van der Waals surface area contributed by atoms with Gasteiger partial charge < -0.3 is 10.6 Å². The van der Waals surface area contributed by atoms with Crippen LogP contribution in [0, 0.1) is 28.5 Å². The van der Waals surface area contributed by atoms with E-state index in [0.717, 1.165) is 6.07 Å². The summed E-state index contributed by atoms with van der Waals surface area (Å²) in [4.78, 5) is 11.8. The number of nitrogens with zero attached hydrogens (tertiary/aromatic N) is 2. The van der Waals surface area contributed by atoms with E-state index in [0.29, 0.717) is 11.3 Å². The molecule has 0 bridgehead atoms. The molecule has 2 aromatic rings. The highest BCUT2D eigenvalue weighted by molar-refractivity contribution is 6.00. The molecule has 0 aliphatic heterocycles. The Bertz CT molecular complexity index is 774. The fourth-order valence-corrected chi connectivity index (χ4v) is 1.69. The third-order valence-corrected chi connectivity index (χ3v) is 2.62. The van der Waals surface area contributed by atoms with Crippen LogP contribution < -0.4 is 10.6 Å². The summed E-state index contributed by atoms with van der Waals surface area (Å²) in [6.07, 6.45) is 0. The summed E-state index contributed by atoms with van der Waals surface area (Å²) in [5.41, 5.74) is 0.655. The van der Waals surface area contributed by atoms with Crippen molar-refractivity contribution in [3.05, 3.63) is 59.4 Å². The first-order valence-corrected chi connectivity index (χ1v) is 5.91. The fraction of sp³-hybridized carbons (Fsp3) is 0. The van der Waals surface area contributed by atoms with E-state index in [1.807, 2.05) is 6.07 Å². The third-order valence-electron chi connectivity index (χ3n) is 2.62. The lowest BCUT2D eigenvalue weighted by Gasteiger charge is -2.09. The molecule has 0 unspecified atom stereocenters. The van der Waals surface area contributed by atoms with E-state index < -0.39 is 11.8 Å². The quantitative estimate of drug-likeness (QED) is 0.885. The number of nitrogens with one attached hydrogen (secondary N) is 2. The first-order valence-electron chi connectivity index (χ1n) is 5.91. The highest BCUT2D eigenvalue weighted by Gasteiger charge is 2.10. The lowest BCUT2D eigenvalue weighted by molar-refractivity contribution is 0.262. The number of hydrogen-bond donors (Lipinski definition) is 2. The molecule has 0 aliphatic rings. The summed E-state index contributed by atoms with van der Waals surface area (Å²) in [6.45, 7) is 0. The Hall–Kier alpha value is -3.38. The molecule has 21 heavy (non-hydrogen) atoms. The Kier molecular flexibility index (Phi) is 4.13. The maximum Gasteiger partial charge on any atom is 0.323 e. The highest BCUT2D eigenvalue weighted by Crippen LogP contribution is 2.18. The summed E-state index contributed by atoms with van der Waals surface area (Å²) < 4.78 is 13.4. The van der Waals surface area contributed by atoms with E-state index in [4.69, 9.17) is 10.5 Å². The van der Waals surface area contributed by atoms with Gasteiger partial charge in [0.05, 0.1) is 17.3 Å². The summed E-state index contributed by atoms with van der Waals surface area (Å²) >= 11 is 0. The van der Waals surface area contributed by atoms with Crippen LogP contribution in [0.1, 0.15) is 11.1 Å². The van der Waals surface area contributed by atoms with E-state index >= 15 is 0 Å². The molecule has 6 heteroatoms. The summed E-state index contributed by atoms with van der Waals surface area (Å²) in [5, 5.41) is 22.5. The number of urea groups is 1. The van der Waals surface area contributed by atoms with Crippen LogP contribution >= 0.6 is 0 Å². The van der Waals surface area contributed by atoms with Crippen molar-refractivity contribution in [2.45, 2.75) is 0 Å². The molecule has 0 saturated carbocycles. The number of benzene rings is 2. The van der Waals surface area contributed by atoms with Crippen LogP contribution in [0.25, 0.3) is 0 Å². The Balaban J connectivity index is 2.14. The number of amides is 2. The van der Waals surface area contributed by atoms with Crippen molar-refractivity contribution in [1.82, 2.24) is 0 Å². The molecule has 0 aromatic heterocycles. The Morgan fingerprint density at radius 1 is 1.05 bits per heavy atom. The van der Waals surface area contributed by atoms with E-state index in [2.05, 4.69) is 10.6 Å². The van der Waals surface area contributed by atoms with Crippen LogP contribution in [0.15, 0.2) is 42.5 Å². The topological polar surface area (TPSA) is 88.7 Å². The summed E-state index contributed by atoms with van der Waals surface area (Å²) in [5.74, 6) is -0.707. The van der Waals surface area contributed by atoms with Crippen LogP contribution in [-0.4, -0.2) is 6.03 Å². The zero-order valence-electron chi connectivity index (χ0n) is 10.7. The lowest BCUT2D eigenvalue weighted by atomic mass is 10.2. The number of rotatable bonds is 2. The number of hydrogen-bond acceptors (Lipinski definition) is 3. The van der Waals surface area contributed by atoms with Crippen LogP contribution in [0.3, 0.4) is 0 Å². The monoisotopic (exact) mass is 280 g/mol. The second-order valence-electron chi connectivity index (χ2n) is 4.05. The number of anilines is 2. The molecular formula is C15H9FN4O.